The Labute approximate surface area is 174 Å². The zero-order valence-corrected chi connectivity index (χ0v) is 17.3. The zero-order chi connectivity index (χ0) is 21.8. The molecule has 1 atom stereocenters. The maximum Gasteiger partial charge on any atom is 0.313 e. The summed E-state index contributed by atoms with van der Waals surface area (Å²) in [6.45, 7) is 1.22. The van der Waals surface area contributed by atoms with Gasteiger partial charge in [0.15, 0.2) is 0 Å². The van der Waals surface area contributed by atoms with Crippen molar-refractivity contribution in [1.82, 2.24) is 10.2 Å². The van der Waals surface area contributed by atoms with E-state index in [1.807, 2.05) is 25.1 Å². The molecule has 1 unspecified atom stereocenters. The summed E-state index contributed by atoms with van der Waals surface area (Å²) >= 11 is 0. The predicted octanol–water partition coefficient (Wildman–Crippen LogP) is 2.70. The van der Waals surface area contributed by atoms with Crippen LogP contribution in [0.25, 0.3) is 0 Å². The highest BCUT2D eigenvalue weighted by atomic mass is 19.1. The number of rotatable bonds is 5. The van der Waals surface area contributed by atoms with E-state index in [1.165, 1.54) is 11.3 Å². The van der Waals surface area contributed by atoms with Gasteiger partial charge in [-0.15, -0.1) is 0 Å². The molecule has 8 heteroatoms. The number of amides is 2. The summed E-state index contributed by atoms with van der Waals surface area (Å²) in [5.41, 5.74) is 3.13. The number of hydrogen-bond donors (Lipinski definition) is 2. The molecular formula is C22H26F2N4O2. The molecule has 0 radical (unpaired) electrons. The highest BCUT2D eigenvalue weighted by molar-refractivity contribution is 6.39. The maximum atomic E-state index is 13.7. The van der Waals surface area contributed by atoms with E-state index in [1.54, 1.807) is 0 Å². The summed E-state index contributed by atoms with van der Waals surface area (Å²) in [4.78, 5) is 28.5. The predicted molar refractivity (Wildman–Crippen MR) is 112 cm³/mol. The van der Waals surface area contributed by atoms with Crippen LogP contribution < -0.4 is 15.5 Å². The molecule has 3 rings (SSSR count). The molecule has 0 saturated heterocycles. The first kappa shape index (κ1) is 21.7. The molecule has 2 N–H and O–H groups in total. The lowest BCUT2D eigenvalue weighted by Crippen LogP contribution is -2.40. The van der Waals surface area contributed by atoms with Gasteiger partial charge in [0, 0.05) is 31.9 Å². The Morgan fingerprint density at radius 2 is 1.90 bits per heavy atom. The molecule has 2 aromatic carbocycles. The first-order chi connectivity index (χ1) is 14.3. The number of halogens is 2. The zero-order valence-electron chi connectivity index (χ0n) is 17.3. The lowest BCUT2D eigenvalue weighted by Gasteiger charge is -2.30. The lowest BCUT2D eigenvalue weighted by atomic mass is 9.96. The molecule has 0 saturated carbocycles. The average Bonchev–Trinajstić information content (AvgIpc) is 2.70. The smallest absolute Gasteiger partial charge is 0.313 e. The van der Waals surface area contributed by atoms with Crippen LogP contribution in [0.5, 0.6) is 0 Å². The minimum Gasteiger partial charge on any atom is -0.374 e. The number of fused-ring (bicyclic) bond motifs is 1. The quantitative estimate of drug-likeness (QED) is 0.736. The SMILES string of the molecule is CN1CCCc2cc(C(CNC(=O)C(=O)Nc3cc(F)ccc3F)N(C)C)ccc21. The van der Waals surface area contributed by atoms with Gasteiger partial charge in [0.2, 0.25) is 0 Å². The van der Waals surface area contributed by atoms with Crippen molar-refractivity contribution in [2.45, 2.75) is 18.9 Å². The normalized spacial score (nSPS) is 14.3. The fourth-order valence-electron chi connectivity index (χ4n) is 3.65. The summed E-state index contributed by atoms with van der Waals surface area (Å²) in [6.07, 6.45) is 2.09. The molecule has 2 amide bonds. The molecule has 2 aromatic rings. The second kappa shape index (κ2) is 9.21. The first-order valence-corrected chi connectivity index (χ1v) is 9.81. The Hall–Kier alpha value is -3.00. The second-order valence-corrected chi connectivity index (χ2v) is 7.68. The van der Waals surface area contributed by atoms with Crippen LogP contribution in [0.3, 0.4) is 0 Å². The number of aryl methyl sites for hydroxylation is 1. The standard InChI is InChI=1S/C22H26F2N4O2/c1-27(2)20(15-6-9-19-14(11-15)5-4-10-28(19)3)13-25-21(29)22(30)26-18-12-16(23)7-8-17(18)24/h6-9,11-12,20H,4-5,10,13H2,1-3H3,(H,25,29)(H,26,30). The molecule has 0 bridgehead atoms. The van der Waals surface area contributed by atoms with Gasteiger partial charge in [0.05, 0.1) is 11.7 Å². The van der Waals surface area contributed by atoms with Crippen molar-refractivity contribution >= 4 is 23.2 Å². The molecule has 1 heterocycles. The largest absolute Gasteiger partial charge is 0.374 e. The van der Waals surface area contributed by atoms with Crippen molar-refractivity contribution in [2.75, 3.05) is 44.4 Å². The van der Waals surface area contributed by atoms with E-state index < -0.39 is 23.4 Å². The topological polar surface area (TPSA) is 64.7 Å². The molecular weight excluding hydrogens is 390 g/mol. The van der Waals surface area contributed by atoms with Gasteiger partial charge in [-0.1, -0.05) is 12.1 Å². The number of hydrogen-bond acceptors (Lipinski definition) is 4. The van der Waals surface area contributed by atoms with Crippen LogP contribution >= 0.6 is 0 Å². The number of benzene rings is 2. The summed E-state index contributed by atoms with van der Waals surface area (Å²) in [5, 5.41) is 4.69. The minimum atomic E-state index is -1.05. The van der Waals surface area contributed by atoms with Crippen LogP contribution in [0.1, 0.15) is 23.6 Å². The minimum absolute atomic E-state index is 0.148. The second-order valence-electron chi connectivity index (χ2n) is 7.68. The summed E-state index contributed by atoms with van der Waals surface area (Å²) in [6, 6.07) is 8.75. The van der Waals surface area contributed by atoms with Crippen molar-refractivity contribution in [2.24, 2.45) is 0 Å². The lowest BCUT2D eigenvalue weighted by molar-refractivity contribution is -0.136. The van der Waals surface area contributed by atoms with Gasteiger partial charge < -0.3 is 20.4 Å². The fourth-order valence-corrected chi connectivity index (χ4v) is 3.65. The molecule has 1 aliphatic rings. The molecule has 6 nitrogen and oxygen atoms in total. The molecule has 160 valence electrons. The molecule has 0 spiro atoms. The van der Waals surface area contributed by atoms with E-state index in [-0.39, 0.29) is 18.3 Å². The van der Waals surface area contributed by atoms with E-state index in [9.17, 15) is 18.4 Å². The average molecular weight is 416 g/mol. The van der Waals surface area contributed by atoms with Gasteiger partial charge >= 0.3 is 11.8 Å². The highest BCUT2D eigenvalue weighted by Gasteiger charge is 2.22. The van der Waals surface area contributed by atoms with Gasteiger partial charge in [-0.05, 0) is 56.3 Å². The Balaban J connectivity index is 1.66. The van der Waals surface area contributed by atoms with Gasteiger partial charge in [-0.25, -0.2) is 8.78 Å². The van der Waals surface area contributed by atoms with Crippen molar-refractivity contribution in [3.63, 3.8) is 0 Å². The highest BCUT2D eigenvalue weighted by Crippen LogP contribution is 2.29. The third-order valence-corrected chi connectivity index (χ3v) is 5.30. The number of likely N-dealkylation sites (N-methyl/N-ethyl adjacent to an activating group) is 1. The Kier molecular flexibility index (Phi) is 6.66. The summed E-state index contributed by atoms with van der Waals surface area (Å²) in [5.74, 6) is -3.49. The van der Waals surface area contributed by atoms with Crippen LogP contribution in [-0.4, -0.2) is 50.9 Å². The van der Waals surface area contributed by atoms with Crippen LogP contribution in [0, 0.1) is 11.6 Å². The Morgan fingerprint density at radius 3 is 2.63 bits per heavy atom. The van der Waals surface area contributed by atoms with Crippen molar-refractivity contribution in [3.8, 4) is 0 Å². The van der Waals surface area contributed by atoms with Gasteiger partial charge in [0.1, 0.15) is 11.6 Å². The van der Waals surface area contributed by atoms with Crippen LogP contribution in [0.4, 0.5) is 20.2 Å². The third kappa shape index (κ3) is 4.94. The van der Waals surface area contributed by atoms with E-state index in [0.717, 1.165) is 43.1 Å². The molecule has 0 fully saturated rings. The monoisotopic (exact) mass is 416 g/mol. The van der Waals surface area contributed by atoms with Gasteiger partial charge in [0.25, 0.3) is 0 Å². The molecule has 1 aliphatic heterocycles. The van der Waals surface area contributed by atoms with Crippen molar-refractivity contribution in [3.05, 3.63) is 59.2 Å². The number of nitrogens with zero attached hydrogens (tertiary/aromatic N) is 2. The van der Waals surface area contributed by atoms with Gasteiger partial charge in [-0.3, -0.25) is 9.59 Å². The molecule has 30 heavy (non-hydrogen) atoms. The number of anilines is 2. The molecule has 0 aromatic heterocycles. The van der Waals surface area contributed by atoms with E-state index in [0.29, 0.717) is 0 Å². The van der Waals surface area contributed by atoms with E-state index in [4.69, 9.17) is 0 Å². The van der Waals surface area contributed by atoms with E-state index in [2.05, 4.69) is 34.7 Å². The number of carbonyl (C=O) groups is 2. The van der Waals surface area contributed by atoms with Crippen LogP contribution in [-0.2, 0) is 16.0 Å². The van der Waals surface area contributed by atoms with Crippen LogP contribution in [0.15, 0.2) is 36.4 Å². The third-order valence-electron chi connectivity index (χ3n) is 5.30. The number of carbonyl (C=O) groups excluding carboxylic acids is 2. The number of nitrogens with one attached hydrogen (secondary N) is 2. The Bertz CT molecular complexity index is 949. The summed E-state index contributed by atoms with van der Waals surface area (Å²) < 4.78 is 26.9. The van der Waals surface area contributed by atoms with Crippen molar-refractivity contribution < 1.29 is 18.4 Å². The Morgan fingerprint density at radius 1 is 1.13 bits per heavy atom. The van der Waals surface area contributed by atoms with Crippen LogP contribution in [0.2, 0.25) is 0 Å². The van der Waals surface area contributed by atoms with Crippen molar-refractivity contribution in [1.29, 1.82) is 0 Å². The fraction of sp³-hybridized carbons (Fsp3) is 0.364. The summed E-state index contributed by atoms with van der Waals surface area (Å²) in [7, 11) is 5.86. The van der Waals surface area contributed by atoms with E-state index >= 15 is 0 Å². The maximum absolute atomic E-state index is 13.7. The van der Waals surface area contributed by atoms with Gasteiger partial charge in [-0.2, -0.15) is 0 Å². The molecule has 0 aliphatic carbocycles. The first-order valence-electron chi connectivity index (χ1n) is 9.81.